The van der Waals surface area contributed by atoms with Crippen LogP contribution in [0.3, 0.4) is 0 Å². The van der Waals surface area contributed by atoms with Crippen molar-refractivity contribution in [3.8, 4) is 11.5 Å². The van der Waals surface area contributed by atoms with Crippen molar-refractivity contribution in [2.45, 2.75) is 40.8 Å². The molecule has 1 radical (unpaired) electrons. The minimum absolute atomic E-state index is 0. The van der Waals surface area contributed by atoms with Gasteiger partial charge in [-0.2, -0.15) is 13.2 Å². The van der Waals surface area contributed by atoms with E-state index < -0.39 is 17.8 Å². The van der Waals surface area contributed by atoms with Crippen LogP contribution in [0.2, 0.25) is 0 Å². The number of aromatic nitrogens is 1. The van der Waals surface area contributed by atoms with E-state index in [1.807, 2.05) is 34.0 Å². The van der Waals surface area contributed by atoms with Crippen LogP contribution >= 0.6 is 0 Å². The van der Waals surface area contributed by atoms with E-state index in [2.05, 4.69) is 0 Å². The molecule has 0 aliphatic carbocycles. The molecule has 0 bridgehead atoms. The fraction of sp³-hybridized carbons (Fsp3) is 0.321. The summed E-state index contributed by atoms with van der Waals surface area (Å²) in [7, 11) is 4.77. The molecule has 1 aromatic heterocycles. The average molecular weight is 602 g/mol. The second kappa shape index (κ2) is 12.0. The van der Waals surface area contributed by atoms with Crippen molar-refractivity contribution in [2.24, 2.45) is 7.05 Å². The fourth-order valence-electron chi connectivity index (χ4n) is 4.30. The Morgan fingerprint density at radius 3 is 2.03 bits per heavy atom. The third-order valence-corrected chi connectivity index (χ3v) is 6.79. The average Bonchev–Trinajstić information content (AvgIpc) is 2.85. The first kappa shape index (κ1) is 31.4. The van der Waals surface area contributed by atoms with Crippen LogP contribution in [0.5, 0.6) is 11.5 Å². The third-order valence-electron chi connectivity index (χ3n) is 6.79. The van der Waals surface area contributed by atoms with Gasteiger partial charge in [-0.15, -0.1) is 0 Å². The molecule has 0 aliphatic rings. The van der Waals surface area contributed by atoms with Gasteiger partial charge in [0.25, 0.3) is 0 Å². The van der Waals surface area contributed by atoms with Gasteiger partial charge in [-0.3, -0.25) is 9.80 Å². The standard InChI is InChI=1S/C28H30F3N3O3.Y/c1-16-9-10-21(14-24(16)28(29,30)31)33(7)27(36)34(8)25-17(2)19(4)26(20(5)18(25)3)37-23-11-12-32(6)22(13-23)15-35;/h9-14H,1-8H3;. The number of amides is 2. The van der Waals surface area contributed by atoms with Crippen molar-refractivity contribution in [2.75, 3.05) is 23.9 Å². The SMILES string of the molecule is Cc1ccc(N(C)C(=O)N(C)c2c(C)c(C)c(Oc3cc[n+](C)c([C-]=O)c3)c(C)c2C)cc1C(F)(F)F.[Y]. The number of halogens is 3. The number of rotatable bonds is 5. The van der Waals surface area contributed by atoms with Crippen LogP contribution in [-0.2, 0) is 50.7 Å². The van der Waals surface area contributed by atoms with E-state index in [-0.39, 0.29) is 44.0 Å². The van der Waals surface area contributed by atoms with Crippen LogP contribution in [0.25, 0.3) is 0 Å². The topological polar surface area (TPSA) is 53.7 Å². The smallest absolute Gasteiger partial charge is 0.416 e. The van der Waals surface area contributed by atoms with Gasteiger partial charge in [0.05, 0.1) is 29.0 Å². The van der Waals surface area contributed by atoms with Crippen LogP contribution in [0.1, 0.15) is 39.1 Å². The molecule has 3 aromatic rings. The molecule has 0 unspecified atom stereocenters. The second-order valence-corrected chi connectivity index (χ2v) is 9.14. The van der Waals surface area contributed by atoms with Gasteiger partial charge in [-0.1, -0.05) is 12.1 Å². The molecule has 38 heavy (non-hydrogen) atoms. The molecule has 6 nitrogen and oxygen atoms in total. The maximum Gasteiger partial charge on any atom is 0.416 e. The van der Waals surface area contributed by atoms with Crippen molar-refractivity contribution in [3.05, 3.63) is 75.6 Å². The molecule has 0 N–H and O–H groups in total. The number of carbonyl (C=O) groups excluding carboxylic acids is 2. The maximum absolute atomic E-state index is 13.4. The summed E-state index contributed by atoms with van der Waals surface area (Å²) in [6.45, 7) is 8.84. The fourth-order valence-corrected chi connectivity index (χ4v) is 4.30. The number of benzene rings is 2. The Morgan fingerprint density at radius 1 is 0.921 bits per heavy atom. The van der Waals surface area contributed by atoms with Gasteiger partial charge in [0.1, 0.15) is 12.8 Å². The van der Waals surface area contributed by atoms with E-state index in [4.69, 9.17) is 4.74 Å². The molecule has 1 heterocycles. The first-order chi connectivity index (χ1) is 17.2. The Hall–Kier alpha value is -2.78. The predicted octanol–water partition coefficient (Wildman–Crippen LogP) is 6.01. The Kier molecular flexibility index (Phi) is 9.89. The molecule has 0 atom stereocenters. The normalized spacial score (nSPS) is 11.0. The van der Waals surface area contributed by atoms with E-state index in [0.717, 1.165) is 28.3 Å². The summed E-state index contributed by atoms with van der Waals surface area (Å²) < 4.78 is 48.0. The number of nitrogens with zero attached hydrogens (tertiary/aromatic N) is 3. The van der Waals surface area contributed by atoms with Crippen LogP contribution < -0.4 is 19.1 Å². The summed E-state index contributed by atoms with van der Waals surface area (Å²) in [6.07, 6.45) is -0.949. The Labute approximate surface area is 246 Å². The van der Waals surface area contributed by atoms with Gasteiger partial charge in [0.15, 0.2) is 6.20 Å². The number of carbonyl (C=O) groups is 1. The van der Waals surface area contributed by atoms with Crippen molar-refractivity contribution < 1.29 is 64.8 Å². The van der Waals surface area contributed by atoms with Gasteiger partial charge in [-0.05, 0) is 74.6 Å². The van der Waals surface area contributed by atoms with Gasteiger partial charge in [-0.25, -0.2) is 9.36 Å². The van der Waals surface area contributed by atoms with E-state index >= 15 is 0 Å². The number of anilines is 2. The number of aryl methyl sites for hydroxylation is 2. The Morgan fingerprint density at radius 2 is 1.50 bits per heavy atom. The number of hydrogen-bond acceptors (Lipinski definition) is 3. The summed E-state index contributed by atoms with van der Waals surface area (Å²) in [5.74, 6) is 1.07. The van der Waals surface area contributed by atoms with Crippen LogP contribution in [0, 0.1) is 34.6 Å². The number of hydrogen-bond donors (Lipinski definition) is 0. The zero-order valence-corrected chi connectivity index (χ0v) is 25.6. The molecule has 199 valence electrons. The van der Waals surface area contributed by atoms with E-state index in [1.165, 1.54) is 35.9 Å². The van der Waals surface area contributed by atoms with Crippen LogP contribution in [0.15, 0.2) is 36.5 Å². The Balaban J connectivity index is 0.00000507. The largest absolute Gasteiger partial charge is 0.475 e. The quantitative estimate of drug-likeness (QED) is 0.266. The number of pyridine rings is 1. The zero-order valence-electron chi connectivity index (χ0n) is 22.7. The zero-order chi connectivity index (χ0) is 27.8. The molecule has 3 rings (SSSR count). The molecule has 2 aromatic carbocycles. The Bertz CT molecular complexity index is 1360. The third kappa shape index (κ3) is 6.10. The summed E-state index contributed by atoms with van der Waals surface area (Å²) in [6, 6.07) is 6.67. The van der Waals surface area contributed by atoms with Crippen LogP contribution in [0.4, 0.5) is 29.3 Å². The van der Waals surface area contributed by atoms with Crippen molar-refractivity contribution in [1.29, 1.82) is 0 Å². The van der Waals surface area contributed by atoms with Gasteiger partial charge >= 0.3 is 12.2 Å². The predicted molar refractivity (Wildman–Crippen MR) is 136 cm³/mol. The molecule has 0 saturated carbocycles. The van der Waals surface area contributed by atoms with Gasteiger partial charge in [0.2, 0.25) is 0 Å². The van der Waals surface area contributed by atoms with Crippen molar-refractivity contribution >= 4 is 23.7 Å². The summed E-state index contributed by atoms with van der Waals surface area (Å²) in [5.41, 5.74) is 3.57. The minimum atomic E-state index is -4.52. The molecule has 0 fully saturated rings. The van der Waals surface area contributed by atoms with Crippen molar-refractivity contribution in [3.63, 3.8) is 0 Å². The summed E-state index contributed by atoms with van der Waals surface area (Å²) >= 11 is 0. The van der Waals surface area contributed by atoms with Crippen LogP contribution in [-0.4, -0.2) is 26.4 Å². The molecule has 2 amide bonds. The van der Waals surface area contributed by atoms with Gasteiger partial charge in [0, 0.05) is 58.6 Å². The molecule has 10 heteroatoms. The molecule has 0 spiro atoms. The monoisotopic (exact) mass is 602 g/mol. The maximum atomic E-state index is 13.4. The number of urea groups is 1. The number of ether oxygens (including phenoxy) is 1. The first-order valence-corrected chi connectivity index (χ1v) is 11.5. The van der Waals surface area contributed by atoms with Gasteiger partial charge < -0.3 is 9.53 Å². The molecule has 0 aliphatic heterocycles. The summed E-state index contributed by atoms with van der Waals surface area (Å²) in [5, 5.41) is 0. The first-order valence-electron chi connectivity index (χ1n) is 11.5. The molecular weight excluding hydrogens is 572 g/mol. The minimum Gasteiger partial charge on any atom is -0.475 e. The van der Waals surface area contributed by atoms with E-state index in [9.17, 15) is 22.8 Å². The van der Waals surface area contributed by atoms with Crippen molar-refractivity contribution in [1.82, 2.24) is 0 Å². The number of alkyl halides is 3. The molecular formula is C28H30F3N3O3Y. The molecule has 0 saturated heterocycles. The van der Waals surface area contributed by atoms with E-state index in [1.54, 1.807) is 37.0 Å². The van der Waals surface area contributed by atoms with E-state index in [0.29, 0.717) is 22.9 Å². The summed E-state index contributed by atoms with van der Waals surface area (Å²) in [4.78, 5) is 27.2. The second-order valence-electron chi connectivity index (χ2n) is 9.14.